The molecule has 0 aliphatic rings. The van der Waals surface area contributed by atoms with Gasteiger partial charge in [0.25, 0.3) is 5.91 Å². The average Bonchev–Trinajstić information content (AvgIpc) is 2.82. The molecule has 1 N–H and O–H groups in total. The van der Waals surface area contributed by atoms with Gasteiger partial charge in [0.2, 0.25) is 0 Å². The van der Waals surface area contributed by atoms with E-state index in [2.05, 4.69) is 10.3 Å². The van der Waals surface area contributed by atoms with Crippen LogP contribution in [0.3, 0.4) is 0 Å². The molecule has 0 saturated carbocycles. The Morgan fingerprint density at radius 2 is 1.90 bits per heavy atom. The van der Waals surface area contributed by atoms with Gasteiger partial charge in [0.1, 0.15) is 10.7 Å². The van der Waals surface area contributed by atoms with Crippen molar-refractivity contribution < 1.29 is 9.59 Å². The molecular weight excluding hydrogens is 288 g/mol. The van der Waals surface area contributed by atoms with E-state index in [1.165, 1.54) is 11.3 Å². The van der Waals surface area contributed by atoms with Crippen molar-refractivity contribution in [3.8, 4) is 0 Å². The number of hydrogen-bond donors (Lipinski definition) is 1. The molecule has 0 atom stereocenters. The van der Waals surface area contributed by atoms with Gasteiger partial charge in [-0.2, -0.15) is 0 Å². The second kappa shape index (κ2) is 7.40. The van der Waals surface area contributed by atoms with E-state index < -0.39 is 0 Å². The van der Waals surface area contributed by atoms with Crippen LogP contribution in [0.15, 0.2) is 5.38 Å². The van der Waals surface area contributed by atoms with E-state index in [1.54, 1.807) is 29.3 Å². The van der Waals surface area contributed by atoms with Crippen LogP contribution in [-0.2, 0) is 6.54 Å². The standard InChI is InChI=1S/C14H24N4O2S/c1-9(2)15-13(19)11-8-21-12(16-11)7-18(10(3)4)14(20)17(5)6/h8-10H,7H2,1-6H3,(H,15,19). The molecule has 1 aromatic heterocycles. The Bertz CT molecular complexity index is 497. The van der Waals surface area contributed by atoms with Gasteiger partial charge < -0.3 is 15.1 Å². The zero-order valence-corrected chi connectivity index (χ0v) is 14.3. The summed E-state index contributed by atoms with van der Waals surface area (Å²) in [6.07, 6.45) is 0. The van der Waals surface area contributed by atoms with Crippen molar-refractivity contribution in [1.29, 1.82) is 0 Å². The first-order chi connectivity index (χ1) is 9.72. The zero-order chi connectivity index (χ0) is 16.2. The van der Waals surface area contributed by atoms with Gasteiger partial charge in [-0.15, -0.1) is 11.3 Å². The fourth-order valence-electron chi connectivity index (χ4n) is 1.70. The van der Waals surface area contributed by atoms with Crippen LogP contribution in [0, 0.1) is 0 Å². The van der Waals surface area contributed by atoms with Crippen molar-refractivity contribution in [2.45, 2.75) is 46.3 Å². The maximum absolute atomic E-state index is 12.1. The Labute approximate surface area is 130 Å². The van der Waals surface area contributed by atoms with Crippen molar-refractivity contribution in [1.82, 2.24) is 20.1 Å². The normalized spacial score (nSPS) is 10.9. The van der Waals surface area contributed by atoms with Gasteiger partial charge in [-0.3, -0.25) is 4.79 Å². The number of amides is 3. The van der Waals surface area contributed by atoms with Crippen LogP contribution in [0.1, 0.15) is 43.2 Å². The van der Waals surface area contributed by atoms with E-state index >= 15 is 0 Å². The first-order valence-corrected chi connectivity index (χ1v) is 7.83. The number of carbonyl (C=O) groups excluding carboxylic acids is 2. The maximum atomic E-state index is 12.1. The van der Waals surface area contributed by atoms with E-state index in [0.717, 1.165) is 5.01 Å². The van der Waals surface area contributed by atoms with Crippen LogP contribution >= 0.6 is 11.3 Å². The summed E-state index contributed by atoms with van der Waals surface area (Å²) >= 11 is 1.40. The molecule has 1 heterocycles. The topological polar surface area (TPSA) is 65.5 Å². The Balaban J connectivity index is 2.80. The average molecular weight is 312 g/mol. The van der Waals surface area contributed by atoms with Gasteiger partial charge in [0.05, 0.1) is 6.54 Å². The SMILES string of the molecule is CC(C)NC(=O)c1csc(CN(C(=O)N(C)C)C(C)C)n1. The molecule has 0 aliphatic heterocycles. The van der Waals surface area contributed by atoms with Crippen molar-refractivity contribution in [3.05, 3.63) is 16.1 Å². The molecule has 0 saturated heterocycles. The van der Waals surface area contributed by atoms with Crippen molar-refractivity contribution in [2.24, 2.45) is 0 Å². The van der Waals surface area contributed by atoms with E-state index in [1.807, 2.05) is 27.7 Å². The molecule has 0 aliphatic carbocycles. The summed E-state index contributed by atoms with van der Waals surface area (Å²) in [6.45, 7) is 8.14. The lowest BCUT2D eigenvalue weighted by Crippen LogP contribution is -2.42. The van der Waals surface area contributed by atoms with Crippen LogP contribution in [-0.4, -0.2) is 52.9 Å². The fraction of sp³-hybridized carbons (Fsp3) is 0.643. The molecule has 0 unspecified atom stereocenters. The minimum atomic E-state index is -0.178. The third-order valence-electron chi connectivity index (χ3n) is 2.76. The van der Waals surface area contributed by atoms with Crippen LogP contribution in [0.2, 0.25) is 0 Å². The van der Waals surface area contributed by atoms with E-state index in [4.69, 9.17) is 0 Å². The Morgan fingerprint density at radius 1 is 1.29 bits per heavy atom. The van der Waals surface area contributed by atoms with Gasteiger partial charge >= 0.3 is 6.03 Å². The molecule has 0 spiro atoms. The monoisotopic (exact) mass is 312 g/mol. The summed E-state index contributed by atoms with van der Waals surface area (Å²) in [7, 11) is 3.45. The molecule has 0 bridgehead atoms. The summed E-state index contributed by atoms with van der Waals surface area (Å²) in [5.74, 6) is -0.178. The molecule has 1 aromatic rings. The van der Waals surface area contributed by atoms with Crippen molar-refractivity contribution >= 4 is 23.3 Å². The quantitative estimate of drug-likeness (QED) is 0.906. The Morgan fingerprint density at radius 3 is 2.38 bits per heavy atom. The highest BCUT2D eigenvalue weighted by Crippen LogP contribution is 2.15. The number of aromatic nitrogens is 1. The summed E-state index contributed by atoms with van der Waals surface area (Å²) in [6, 6.07) is 0.0789. The van der Waals surface area contributed by atoms with Gasteiger partial charge in [-0.25, -0.2) is 9.78 Å². The number of nitrogens with one attached hydrogen (secondary N) is 1. The lowest BCUT2D eigenvalue weighted by molar-refractivity contribution is 0.0938. The molecule has 6 nitrogen and oxygen atoms in total. The first kappa shape index (κ1) is 17.4. The number of carbonyl (C=O) groups is 2. The maximum Gasteiger partial charge on any atom is 0.320 e. The van der Waals surface area contributed by atoms with Crippen molar-refractivity contribution in [2.75, 3.05) is 14.1 Å². The lowest BCUT2D eigenvalue weighted by atomic mass is 10.3. The van der Waals surface area contributed by atoms with Gasteiger partial charge in [0.15, 0.2) is 0 Å². The summed E-state index contributed by atoms with van der Waals surface area (Å²) in [5, 5.41) is 5.29. The molecule has 0 aromatic carbocycles. The van der Waals surface area contributed by atoms with Crippen LogP contribution < -0.4 is 5.32 Å². The van der Waals surface area contributed by atoms with Gasteiger partial charge in [0, 0.05) is 31.6 Å². The minimum absolute atomic E-state index is 0.0617. The molecule has 1 rings (SSSR count). The third kappa shape index (κ3) is 5.00. The first-order valence-electron chi connectivity index (χ1n) is 6.95. The number of hydrogen-bond acceptors (Lipinski definition) is 4. The molecule has 3 amide bonds. The molecule has 0 radical (unpaired) electrons. The Kier molecular flexibility index (Phi) is 6.14. The summed E-state index contributed by atoms with van der Waals surface area (Å²) in [4.78, 5) is 31.6. The second-order valence-electron chi connectivity index (χ2n) is 5.65. The predicted octanol–water partition coefficient (Wildman–Crippen LogP) is 2.17. The van der Waals surface area contributed by atoms with Crippen LogP contribution in [0.5, 0.6) is 0 Å². The number of rotatable bonds is 5. The summed E-state index contributed by atoms with van der Waals surface area (Å²) < 4.78 is 0. The highest BCUT2D eigenvalue weighted by molar-refractivity contribution is 7.09. The highest BCUT2D eigenvalue weighted by atomic mass is 32.1. The predicted molar refractivity (Wildman–Crippen MR) is 84.5 cm³/mol. The molecule has 118 valence electrons. The molecular formula is C14H24N4O2S. The van der Waals surface area contributed by atoms with E-state index in [9.17, 15) is 9.59 Å². The molecule has 21 heavy (non-hydrogen) atoms. The summed E-state index contributed by atoms with van der Waals surface area (Å²) in [5.41, 5.74) is 0.407. The second-order valence-corrected chi connectivity index (χ2v) is 6.60. The minimum Gasteiger partial charge on any atom is -0.349 e. The zero-order valence-electron chi connectivity index (χ0n) is 13.5. The highest BCUT2D eigenvalue weighted by Gasteiger charge is 2.21. The largest absolute Gasteiger partial charge is 0.349 e. The van der Waals surface area contributed by atoms with E-state index in [-0.39, 0.29) is 24.0 Å². The number of urea groups is 1. The Hall–Kier alpha value is -1.63. The van der Waals surface area contributed by atoms with Crippen LogP contribution in [0.4, 0.5) is 4.79 Å². The van der Waals surface area contributed by atoms with Gasteiger partial charge in [-0.05, 0) is 27.7 Å². The van der Waals surface area contributed by atoms with Gasteiger partial charge in [-0.1, -0.05) is 0 Å². The van der Waals surface area contributed by atoms with Crippen LogP contribution in [0.25, 0.3) is 0 Å². The lowest BCUT2D eigenvalue weighted by Gasteiger charge is -2.28. The third-order valence-corrected chi connectivity index (χ3v) is 3.59. The smallest absolute Gasteiger partial charge is 0.320 e. The van der Waals surface area contributed by atoms with E-state index in [0.29, 0.717) is 12.2 Å². The fourth-order valence-corrected chi connectivity index (χ4v) is 2.47. The number of thiazole rings is 1. The molecule has 0 fully saturated rings. The molecule has 7 heteroatoms. The number of nitrogens with zero attached hydrogens (tertiary/aromatic N) is 3. The van der Waals surface area contributed by atoms with Crippen molar-refractivity contribution in [3.63, 3.8) is 0 Å².